The zero-order chi connectivity index (χ0) is 12.3. The standard InChI is InChI=1S/C14H21FN2/c1-11-5-6-13(15)8-12(11)10-17-7-3-2-4-14(17)9-16/h5-6,8,14H,2-4,7,9-10,16H2,1H3. The Labute approximate surface area is 103 Å². The number of benzene rings is 1. The highest BCUT2D eigenvalue weighted by Crippen LogP contribution is 2.20. The molecule has 1 unspecified atom stereocenters. The molecule has 1 atom stereocenters. The number of piperidine rings is 1. The summed E-state index contributed by atoms with van der Waals surface area (Å²) in [5.74, 6) is -0.146. The lowest BCUT2D eigenvalue weighted by Gasteiger charge is -2.35. The molecule has 2 N–H and O–H groups in total. The van der Waals surface area contributed by atoms with Crippen molar-refractivity contribution in [3.63, 3.8) is 0 Å². The molecule has 1 aromatic rings. The van der Waals surface area contributed by atoms with Gasteiger partial charge in [0, 0.05) is 19.1 Å². The highest BCUT2D eigenvalue weighted by atomic mass is 19.1. The normalized spacial score (nSPS) is 21.7. The molecule has 0 radical (unpaired) electrons. The van der Waals surface area contributed by atoms with Gasteiger partial charge in [-0.25, -0.2) is 4.39 Å². The molecule has 3 heteroatoms. The number of aryl methyl sites for hydroxylation is 1. The molecule has 2 nitrogen and oxygen atoms in total. The van der Waals surface area contributed by atoms with Crippen molar-refractivity contribution in [2.75, 3.05) is 13.1 Å². The average Bonchev–Trinajstić information content (AvgIpc) is 2.34. The van der Waals surface area contributed by atoms with Crippen molar-refractivity contribution in [3.05, 3.63) is 35.1 Å². The van der Waals surface area contributed by atoms with E-state index in [1.54, 1.807) is 6.07 Å². The highest BCUT2D eigenvalue weighted by Gasteiger charge is 2.21. The fourth-order valence-electron chi connectivity index (χ4n) is 2.56. The van der Waals surface area contributed by atoms with E-state index in [-0.39, 0.29) is 5.82 Å². The van der Waals surface area contributed by atoms with Crippen molar-refractivity contribution in [1.82, 2.24) is 4.90 Å². The number of hydrogen-bond acceptors (Lipinski definition) is 2. The minimum atomic E-state index is -0.146. The molecule has 17 heavy (non-hydrogen) atoms. The second-order valence-electron chi connectivity index (χ2n) is 4.93. The summed E-state index contributed by atoms with van der Waals surface area (Å²) in [7, 11) is 0. The number of halogens is 1. The number of likely N-dealkylation sites (tertiary alicyclic amines) is 1. The van der Waals surface area contributed by atoms with Gasteiger partial charge >= 0.3 is 0 Å². The van der Waals surface area contributed by atoms with Gasteiger partial charge in [0.15, 0.2) is 0 Å². The van der Waals surface area contributed by atoms with Gasteiger partial charge in [-0.2, -0.15) is 0 Å². The van der Waals surface area contributed by atoms with E-state index in [1.807, 2.05) is 13.0 Å². The molecule has 1 fully saturated rings. The van der Waals surface area contributed by atoms with E-state index >= 15 is 0 Å². The van der Waals surface area contributed by atoms with E-state index in [9.17, 15) is 4.39 Å². The van der Waals surface area contributed by atoms with Crippen LogP contribution in [0.2, 0.25) is 0 Å². The molecule has 0 amide bonds. The number of hydrogen-bond donors (Lipinski definition) is 1. The van der Waals surface area contributed by atoms with Crippen LogP contribution in [0.25, 0.3) is 0 Å². The zero-order valence-corrected chi connectivity index (χ0v) is 10.5. The Morgan fingerprint density at radius 2 is 2.24 bits per heavy atom. The van der Waals surface area contributed by atoms with E-state index in [2.05, 4.69) is 4.90 Å². The van der Waals surface area contributed by atoms with Crippen LogP contribution in [-0.2, 0) is 6.54 Å². The minimum absolute atomic E-state index is 0.146. The number of nitrogens with two attached hydrogens (primary N) is 1. The SMILES string of the molecule is Cc1ccc(F)cc1CN1CCCCC1CN. The van der Waals surface area contributed by atoms with Gasteiger partial charge in [-0.1, -0.05) is 12.5 Å². The van der Waals surface area contributed by atoms with Gasteiger partial charge < -0.3 is 5.73 Å². The van der Waals surface area contributed by atoms with Crippen LogP contribution in [0.1, 0.15) is 30.4 Å². The summed E-state index contributed by atoms with van der Waals surface area (Å²) in [5, 5.41) is 0. The zero-order valence-electron chi connectivity index (χ0n) is 10.5. The van der Waals surface area contributed by atoms with Gasteiger partial charge in [0.1, 0.15) is 5.82 Å². The third-order valence-corrected chi connectivity index (χ3v) is 3.71. The maximum absolute atomic E-state index is 13.2. The molecular weight excluding hydrogens is 215 g/mol. The second kappa shape index (κ2) is 5.61. The van der Waals surface area contributed by atoms with Crippen LogP contribution in [0.4, 0.5) is 4.39 Å². The van der Waals surface area contributed by atoms with Crippen molar-refractivity contribution >= 4 is 0 Å². The van der Waals surface area contributed by atoms with Gasteiger partial charge in [-0.15, -0.1) is 0 Å². The lowest BCUT2D eigenvalue weighted by molar-refractivity contribution is 0.144. The topological polar surface area (TPSA) is 29.3 Å². The smallest absolute Gasteiger partial charge is 0.123 e. The highest BCUT2D eigenvalue weighted by molar-refractivity contribution is 5.26. The summed E-state index contributed by atoms with van der Waals surface area (Å²) < 4.78 is 13.2. The monoisotopic (exact) mass is 236 g/mol. The number of rotatable bonds is 3. The molecule has 1 aromatic carbocycles. The predicted octanol–water partition coefficient (Wildman–Crippen LogP) is 2.45. The molecule has 1 aliphatic rings. The van der Waals surface area contributed by atoms with E-state index in [0.717, 1.165) is 24.2 Å². The van der Waals surface area contributed by atoms with E-state index in [0.29, 0.717) is 12.6 Å². The first-order valence-electron chi connectivity index (χ1n) is 6.40. The largest absolute Gasteiger partial charge is 0.329 e. The van der Waals surface area contributed by atoms with Crippen LogP contribution in [0.3, 0.4) is 0 Å². The van der Waals surface area contributed by atoms with Crippen LogP contribution in [0, 0.1) is 12.7 Å². The molecular formula is C14H21FN2. The summed E-state index contributed by atoms with van der Waals surface area (Å²) in [6, 6.07) is 5.49. The third kappa shape index (κ3) is 3.05. The predicted molar refractivity (Wildman–Crippen MR) is 68.2 cm³/mol. The molecule has 0 spiro atoms. The Morgan fingerprint density at radius 3 is 3.00 bits per heavy atom. The van der Waals surface area contributed by atoms with Gasteiger partial charge in [-0.3, -0.25) is 4.90 Å². The fourth-order valence-corrected chi connectivity index (χ4v) is 2.56. The van der Waals surface area contributed by atoms with E-state index in [4.69, 9.17) is 5.73 Å². The van der Waals surface area contributed by atoms with Crippen molar-refractivity contribution in [2.24, 2.45) is 5.73 Å². The molecule has 1 heterocycles. The van der Waals surface area contributed by atoms with Crippen molar-refractivity contribution < 1.29 is 4.39 Å². The Morgan fingerprint density at radius 1 is 1.41 bits per heavy atom. The van der Waals surface area contributed by atoms with Crippen LogP contribution in [0.5, 0.6) is 0 Å². The first-order chi connectivity index (χ1) is 8.20. The molecule has 0 aliphatic carbocycles. The van der Waals surface area contributed by atoms with Crippen molar-refractivity contribution in [2.45, 2.75) is 38.8 Å². The molecule has 1 aliphatic heterocycles. The summed E-state index contributed by atoms with van der Waals surface area (Å²) in [6.07, 6.45) is 3.66. The number of nitrogens with zero attached hydrogens (tertiary/aromatic N) is 1. The van der Waals surface area contributed by atoms with Crippen LogP contribution in [0.15, 0.2) is 18.2 Å². The summed E-state index contributed by atoms with van der Waals surface area (Å²) >= 11 is 0. The molecule has 0 aromatic heterocycles. The maximum Gasteiger partial charge on any atom is 0.123 e. The Hall–Kier alpha value is -0.930. The van der Waals surface area contributed by atoms with Crippen molar-refractivity contribution in [1.29, 1.82) is 0 Å². The summed E-state index contributed by atoms with van der Waals surface area (Å²) in [4.78, 5) is 2.39. The average molecular weight is 236 g/mol. The molecule has 2 rings (SSSR count). The Balaban J connectivity index is 2.10. The molecule has 0 saturated carbocycles. The lowest BCUT2D eigenvalue weighted by Crippen LogP contribution is -2.43. The Kier molecular flexibility index (Phi) is 4.13. The van der Waals surface area contributed by atoms with Crippen molar-refractivity contribution in [3.8, 4) is 0 Å². The van der Waals surface area contributed by atoms with Gasteiger partial charge in [-0.05, 0) is 49.6 Å². The quantitative estimate of drug-likeness (QED) is 0.873. The maximum atomic E-state index is 13.2. The van der Waals surface area contributed by atoms with Gasteiger partial charge in [0.05, 0.1) is 0 Å². The molecule has 0 bridgehead atoms. The van der Waals surface area contributed by atoms with Gasteiger partial charge in [0.2, 0.25) is 0 Å². The third-order valence-electron chi connectivity index (χ3n) is 3.71. The lowest BCUT2D eigenvalue weighted by atomic mass is 10.00. The van der Waals surface area contributed by atoms with Crippen LogP contribution in [-0.4, -0.2) is 24.0 Å². The summed E-state index contributed by atoms with van der Waals surface area (Å²) in [6.45, 7) is 4.65. The minimum Gasteiger partial charge on any atom is -0.329 e. The van der Waals surface area contributed by atoms with Crippen LogP contribution >= 0.6 is 0 Å². The fraction of sp³-hybridized carbons (Fsp3) is 0.571. The van der Waals surface area contributed by atoms with Gasteiger partial charge in [0.25, 0.3) is 0 Å². The van der Waals surface area contributed by atoms with E-state index < -0.39 is 0 Å². The molecule has 94 valence electrons. The first kappa shape index (κ1) is 12.5. The molecule has 1 saturated heterocycles. The van der Waals surface area contributed by atoms with E-state index in [1.165, 1.54) is 25.3 Å². The second-order valence-corrected chi connectivity index (χ2v) is 4.93. The first-order valence-corrected chi connectivity index (χ1v) is 6.40. The summed E-state index contributed by atoms with van der Waals surface area (Å²) in [5.41, 5.74) is 8.05. The van der Waals surface area contributed by atoms with Crippen LogP contribution < -0.4 is 5.73 Å². The Bertz CT molecular complexity index is 378.